The number of fused-ring (bicyclic) bond motifs is 1. The molecule has 0 amide bonds. The van der Waals surface area contributed by atoms with Gasteiger partial charge in [-0.1, -0.05) is 43.9 Å². The Hall–Kier alpha value is -1.02. The molecule has 3 rings (SSSR count). The second-order valence-electron chi connectivity index (χ2n) is 6.40. The van der Waals surface area contributed by atoms with Crippen molar-refractivity contribution in [3.05, 3.63) is 29.8 Å². The van der Waals surface area contributed by atoms with Crippen molar-refractivity contribution in [1.29, 1.82) is 0 Å². The normalized spacial score (nSPS) is 23.7. The number of benzene rings is 1. The van der Waals surface area contributed by atoms with Crippen LogP contribution in [0.25, 0.3) is 0 Å². The number of para-hydroxylation sites is 1. The van der Waals surface area contributed by atoms with Crippen LogP contribution < -0.4 is 10.1 Å². The van der Waals surface area contributed by atoms with Crippen molar-refractivity contribution in [3.8, 4) is 5.75 Å². The number of hydrogen-bond acceptors (Lipinski definition) is 2. The molecule has 110 valence electrons. The van der Waals surface area contributed by atoms with E-state index in [9.17, 15) is 0 Å². The van der Waals surface area contributed by atoms with Crippen LogP contribution in [0.1, 0.15) is 50.5 Å². The van der Waals surface area contributed by atoms with E-state index in [0.29, 0.717) is 6.10 Å². The summed E-state index contributed by atoms with van der Waals surface area (Å²) in [5.74, 6) is 1.99. The lowest BCUT2D eigenvalue weighted by Gasteiger charge is -2.27. The highest BCUT2D eigenvalue weighted by Gasteiger charge is 2.19. The Morgan fingerprint density at radius 3 is 2.60 bits per heavy atom. The number of ether oxygens (including phenoxy) is 1. The summed E-state index contributed by atoms with van der Waals surface area (Å²) in [6, 6.07) is 8.46. The van der Waals surface area contributed by atoms with Crippen molar-refractivity contribution in [3.63, 3.8) is 0 Å². The largest absolute Gasteiger partial charge is 0.489 e. The van der Waals surface area contributed by atoms with Crippen molar-refractivity contribution in [2.75, 3.05) is 13.1 Å². The zero-order valence-corrected chi connectivity index (χ0v) is 12.4. The van der Waals surface area contributed by atoms with Gasteiger partial charge in [0.1, 0.15) is 11.9 Å². The Balaban J connectivity index is 1.41. The molecular weight excluding hydrogens is 246 g/mol. The third-order valence-electron chi connectivity index (χ3n) is 4.78. The molecule has 2 nitrogen and oxygen atoms in total. The SMILES string of the molecule is c1ccc2c(c1)CC[C@@H](CNCC1CCCCCC1)O2. The second-order valence-corrected chi connectivity index (χ2v) is 6.40. The average Bonchev–Trinajstić information content (AvgIpc) is 2.76. The Labute approximate surface area is 122 Å². The van der Waals surface area contributed by atoms with Gasteiger partial charge in [0.25, 0.3) is 0 Å². The fourth-order valence-corrected chi connectivity index (χ4v) is 3.54. The first-order valence-corrected chi connectivity index (χ1v) is 8.37. The maximum absolute atomic E-state index is 6.08. The van der Waals surface area contributed by atoms with Crippen LogP contribution >= 0.6 is 0 Å². The second kappa shape index (κ2) is 7.12. The summed E-state index contributed by atoms with van der Waals surface area (Å²) >= 11 is 0. The standard InChI is InChI=1S/C18H27NO/c1-2-4-8-15(7-3-1)13-19-14-17-12-11-16-9-5-6-10-18(16)20-17/h5-6,9-10,15,17,19H,1-4,7-8,11-14H2/t17-/m0/s1. The van der Waals surface area contributed by atoms with E-state index < -0.39 is 0 Å². The van der Waals surface area contributed by atoms with E-state index in [2.05, 4.69) is 29.6 Å². The summed E-state index contributed by atoms with van der Waals surface area (Å²) in [4.78, 5) is 0. The van der Waals surface area contributed by atoms with Crippen molar-refractivity contribution in [2.45, 2.75) is 57.5 Å². The van der Waals surface area contributed by atoms with Gasteiger partial charge in [0.15, 0.2) is 0 Å². The Kier molecular flexibility index (Phi) is 4.96. The zero-order valence-electron chi connectivity index (χ0n) is 12.4. The number of nitrogens with one attached hydrogen (secondary N) is 1. The van der Waals surface area contributed by atoms with Crippen molar-refractivity contribution >= 4 is 0 Å². The molecule has 0 bridgehead atoms. The van der Waals surface area contributed by atoms with E-state index in [0.717, 1.165) is 31.1 Å². The van der Waals surface area contributed by atoms with E-state index in [1.807, 2.05) is 0 Å². The molecule has 1 aromatic carbocycles. The van der Waals surface area contributed by atoms with Crippen LogP contribution in [0, 0.1) is 5.92 Å². The average molecular weight is 273 g/mol. The van der Waals surface area contributed by atoms with E-state index in [4.69, 9.17) is 4.74 Å². The molecule has 0 spiro atoms. The first-order chi connectivity index (χ1) is 9.92. The Morgan fingerprint density at radius 1 is 0.950 bits per heavy atom. The minimum atomic E-state index is 0.357. The van der Waals surface area contributed by atoms with E-state index >= 15 is 0 Å². The summed E-state index contributed by atoms with van der Waals surface area (Å²) < 4.78 is 6.08. The van der Waals surface area contributed by atoms with E-state index in [1.165, 1.54) is 50.6 Å². The summed E-state index contributed by atoms with van der Waals surface area (Å²) in [5.41, 5.74) is 1.37. The molecule has 0 unspecified atom stereocenters. The zero-order chi connectivity index (χ0) is 13.6. The Morgan fingerprint density at radius 2 is 1.75 bits per heavy atom. The monoisotopic (exact) mass is 273 g/mol. The molecule has 0 radical (unpaired) electrons. The van der Waals surface area contributed by atoms with Gasteiger partial charge in [0.2, 0.25) is 0 Å². The van der Waals surface area contributed by atoms with Crippen LogP contribution in [0.2, 0.25) is 0 Å². The lowest BCUT2D eigenvalue weighted by atomic mass is 9.99. The van der Waals surface area contributed by atoms with Gasteiger partial charge in [-0.2, -0.15) is 0 Å². The molecule has 1 aliphatic carbocycles. The number of rotatable bonds is 4. The predicted molar refractivity (Wildman–Crippen MR) is 83.2 cm³/mol. The van der Waals surface area contributed by atoms with Crippen LogP contribution in [0.15, 0.2) is 24.3 Å². The van der Waals surface area contributed by atoms with Crippen LogP contribution in [0.3, 0.4) is 0 Å². The van der Waals surface area contributed by atoms with Crippen molar-refractivity contribution < 1.29 is 4.74 Å². The van der Waals surface area contributed by atoms with Gasteiger partial charge in [-0.3, -0.25) is 0 Å². The van der Waals surface area contributed by atoms with Gasteiger partial charge >= 0.3 is 0 Å². The van der Waals surface area contributed by atoms with Crippen LogP contribution in [-0.4, -0.2) is 19.2 Å². The molecule has 0 saturated heterocycles. The van der Waals surface area contributed by atoms with Gasteiger partial charge in [-0.25, -0.2) is 0 Å². The third-order valence-corrected chi connectivity index (χ3v) is 4.78. The molecule has 1 aliphatic heterocycles. The fraction of sp³-hybridized carbons (Fsp3) is 0.667. The number of aryl methyl sites for hydroxylation is 1. The maximum Gasteiger partial charge on any atom is 0.122 e. The van der Waals surface area contributed by atoms with Gasteiger partial charge in [-0.05, 0) is 49.8 Å². The molecular formula is C18H27NO. The number of hydrogen-bond donors (Lipinski definition) is 1. The van der Waals surface area contributed by atoms with Gasteiger partial charge in [0.05, 0.1) is 0 Å². The van der Waals surface area contributed by atoms with E-state index in [-0.39, 0.29) is 0 Å². The molecule has 1 atom stereocenters. The topological polar surface area (TPSA) is 21.3 Å². The minimum Gasteiger partial charge on any atom is -0.489 e. The van der Waals surface area contributed by atoms with Crippen LogP contribution in [0.4, 0.5) is 0 Å². The minimum absolute atomic E-state index is 0.357. The predicted octanol–water partition coefficient (Wildman–Crippen LogP) is 3.94. The molecule has 0 aromatic heterocycles. The lowest BCUT2D eigenvalue weighted by molar-refractivity contribution is 0.168. The van der Waals surface area contributed by atoms with E-state index in [1.54, 1.807) is 0 Å². The molecule has 2 heteroatoms. The fourth-order valence-electron chi connectivity index (χ4n) is 3.54. The first kappa shape index (κ1) is 13.9. The highest BCUT2D eigenvalue weighted by atomic mass is 16.5. The maximum atomic E-state index is 6.08. The molecule has 1 N–H and O–H groups in total. The molecule has 1 fully saturated rings. The van der Waals surface area contributed by atoms with Gasteiger partial charge in [0, 0.05) is 6.54 Å². The highest BCUT2D eigenvalue weighted by Crippen LogP contribution is 2.27. The summed E-state index contributed by atoms with van der Waals surface area (Å²) in [6.07, 6.45) is 11.2. The summed E-state index contributed by atoms with van der Waals surface area (Å²) in [7, 11) is 0. The summed E-state index contributed by atoms with van der Waals surface area (Å²) in [5, 5.41) is 3.66. The highest BCUT2D eigenvalue weighted by molar-refractivity contribution is 5.35. The quantitative estimate of drug-likeness (QED) is 0.839. The van der Waals surface area contributed by atoms with Crippen molar-refractivity contribution in [1.82, 2.24) is 5.32 Å². The van der Waals surface area contributed by atoms with Crippen LogP contribution in [0.5, 0.6) is 5.75 Å². The van der Waals surface area contributed by atoms with Crippen molar-refractivity contribution in [2.24, 2.45) is 5.92 Å². The first-order valence-electron chi connectivity index (χ1n) is 8.37. The molecule has 2 aliphatic rings. The molecule has 1 saturated carbocycles. The molecule has 1 aromatic rings. The summed E-state index contributed by atoms with van der Waals surface area (Å²) in [6.45, 7) is 2.19. The van der Waals surface area contributed by atoms with Crippen LogP contribution in [-0.2, 0) is 6.42 Å². The Bertz CT molecular complexity index is 410. The smallest absolute Gasteiger partial charge is 0.122 e. The molecule has 20 heavy (non-hydrogen) atoms. The van der Waals surface area contributed by atoms with Gasteiger partial charge < -0.3 is 10.1 Å². The lowest BCUT2D eigenvalue weighted by Crippen LogP contribution is -2.36. The van der Waals surface area contributed by atoms with Gasteiger partial charge in [-0.15, -0.1) is 0 Å². The third kappa shape index (κ3) is 3.76. The molecule has 1 heterocycles.